The van der Waals surface area contributed by atoms with Crippen LogP contribution in [0.5, 0.6) is 11.6 Å². The summed E-state index contributed by atoms with van der Waals surface area (Å²) in [6, 6.07) is 11.4. The van der Waals surface area contributed by atoms with E-state index in [9.17, 15) is 4.79 Å². The first-order valence-electron chi connectivity index (χ1n) is 8.02. The largest absolute Gasteiger partial charge is 0.439 e. The van der Waals surface area contributed by atoms with Crippen molar-refractivity contribution in [2.75, 3.05) is 20.1 Å². The minimum atomic E-state index is 0.0245. The normalized spacial score (nSPS) is 17.6. The van der Waals surface area contributed by atoms with E-state index in [0.717, 1.165) is 30.4 Å². The molecular formula is C18H20BrN3O2. The van der Waals surface area contributed by atoms with Crippen molar-refractivity contribution in [1.82, 2.24) is 15.2 Å². The Kier molecular flexibility index (Phi) is 5.48. The lowest BCUT2D eigenvalue weighted by atomic mass is 10.1. The zero-order valence-corrected chi connectivity index (χ0v) is 15.1. The Balaban J connectivity index is 1.66. The molecule has 1 fully saturated rings. The molecule has 0 radical (unpaired) electrons. The van der Waals surface area contributed by atoms with Crippen molar-refractivity contribution in [3.63, 3.8) is 0 Å². The summed E-state index contributed by atoms with van der Waals surface area (Å²) in [7, 11) is 1.94. The number of likely N-dealkylation sites (N-methyl/N-ethyl adjacent to an activating group) is 1. The third-order valence-corrected chi connectivity index (χ3v) is 4.61. The summed E-state index contributed by atoms with van der Waals surface area (Å²) in [5.74, 6) is 1.19. The predicted molar refractivity (Wildman–Crippen MR) is 96.4 cm³/mol. The van der Waals surface area contributed by atoms with Crippen molar-refractivity contribution in [2.45, 2.75) is 18.9 Å². The molecule has 2 heterocycles. The van der Waals surface area contributed by atoms with Gasteiger partial charge in [0.2, 0.25) is 5.88 Å². The number of nitrogens with one attached hydrogen (secondary N) is 1. The molecular weight excluding hydrogens is 370 g/mol. The number of piperidine rings is 1. The Morgan fingerprint density at radius 3 is 2.96 bits per heavy atom. The van der Waals surface area contributed by atoms with E-state index in [2.05, 4.69) is 26.2 Å². The van der Waals surface area contributed by atoms with E-state index >= 15 is 0 Å². The molecule has 0 saturated carbocycles. The smallest absolute Gasteiger partial charge is 0.255 e. The summed E-state index contributed by atoms with van der Waals surface area (Å²) in [6.45, 7) is 1.54. The summed E-state index contributed by atoms with van der Waals surface area (Å²) in [4.78, 5) is 18.7. The molecule has 5 nitrogen and oxygen atoms in total. The first-order valence-corrected chi connectivity index (χ1v) is 8.81. The van der Waals surface area contributed by atoms with Gasteiger partial charge in [-0.2, -0.15) is 0 Å². The van der Waals surface area contributed by atoms with Gasteiger partial charge >= 0.3 is 0 Å². The number of carbonyl (C=O) groups excluding carboxylic acids is 1. The lowest BCUT2D eigenvalue weighted by Gasteiger charge is -2.32. The maximum absolute atomic E-state index is 12.6. The van der Waals surface area contributed by atoms with E-state index in [-0.39, 0.29) is 5.91 Å². The molecule has 1 aromatic heterocycles. The van der Waals surface area contributed by atoms with Crippen LogP contribution in [-0.4, -0.2) is 42.0 Å². The molecule has 126 valence electrons. The van der Waals surface area contributed by atoms with Gasteiger partial charge in [0.1, 0.15) is 5.75 Å². The quantitative estimate of drug-likeness (QED) is 0.869. The first kappa shape index (κ1) is 16.9. The van der Waals surface area contributed by atoms with Crippen LogP contribution in [0.25, 0.3) is 0 Å². The molecule has 1 aliphatic rings. The molecule has 1 amide bonds. The van der Waals surface area contributed by atoms with Crippen LogP contribution in [-0.2, 0) is 0 Å². The van der Waals surface area contributed by atoms with Crippen molar-refractivity contribution >= 4 is 21.8 Å². The van der Waals surface area contributed by atoms with Gasteiger partial charge in [-0.3, -0.25) is 4.79 Å². The van der Waals surface area contributed by atoms with Gasteiger partial charge < -0.3 is 15.0 Å². The molecule has 3 rings (SSSR count). The minimum Gasteiger partial charge on any atom is -0.439 e. The SMILES string of the molecule is CN[C@H]1CCCN(C(=O)c2ccc(Oc3cccc(Br)c3)nc2)C1. The van der Waals surface area contributed by atoms with Crippen molar-refractivity contribution < 1.29 is 9.53 Å². The number of carbonyl (C=O) groups is 1. The number of nitrogens with zero attached hydrogens (tertiary/aromatic N) is 2. The summed E-state index contributed by atoms with van der Waals surface area (Å²) < 4.78 is 6.64. The van der Waals surface area contributed by atoms with Gasteiger partial charge in [0.05, 0.1) is 5.56 Å². The number of amides is 1. The Bertz CT molecular complexity index is 706. The van der Waals surface area contributed by atoms with Gasteiger partial charge in [0, 0.05) is 35.9 Å². The van der Waals surface area contributed by atoms with Crippen LogP contribution in [0, 0.1) is 0 Å². The number of ether oxygens (including phenoxy) is 1. The molecule has 24 heavy (non-hydrogen) atoms. The second-order valence-corrected chi connectivity index (χ2v) is 6.74. The van der Waals surface area contributed by atoms with E-state index in [1.54, 1.807) is 18.3 Å². The van der Waals surface area contributed by atoms with Gasteiger partial charge in [-0.25, -0.2) is 4.98 Å². The summed E-state index contributed by atoms with van der Waals surface area (Å²) >= 11 is 3.41. The van der Waals surface area contributed by atoms with Crippen LogP contribution < -0.4 is 10.1 Å². The number of rotatable bonds is 4. The topological polar surface area (TPSA) is 54.5 Å². The molecule has 0 bridgehead atoms. The van der Waals surface area contributed by atoms with Crippen LogP contribution in [0.15, 0.2) is 47.1 Å². The van der Waals surface area contributed by atoms with E-state index in [0.29, 0.717) is 23.2 Å². The average molecular weight is 390 g/mol. The number of hydrogen-bond donors (Lipinski definition) is 1. The molecule has 0 aliphatic carbocycles. The zero-order valence-electron chi connectivity index (χ0n) is 13.5. The van der Waals surface area contributed by atoms with Crippen LogP contribution in [0.2, 0.25) is 0 Å². The fourth-order valence-corrected chi connectivity index (χ4v) is 3.18. The Morgan fingerprint density at radius 2 is 2.25 bits per heavy atom. The molecule has 2 aromatic rings. The zero-order chi connectivity index (χ0) is 16.9. The van der Waals surface area contributed by atoms with Gasteiger partial charge in [-0.15, -0.1) is 0 Å². The predicted octanol–water partition coefficient (Wildman–Crippen LogP) is 3.46. The molecule has 1 saturated heterocycles. The fraction of sp³-hybridized carbons (Fsp3) is 0.333. The number of halogens is 1. The molecule has 1 aliphatic heterocycles. The Morgan fingerprint density at radius 1 is 1.38 bits per heavy atom. The van der Waals surface area contributed by atoms with Gasteiger partial charge in [0.25, 0.3) is 5.91 Å². The third kappa shape index (κ3) is 4.13. The highest BCUT2D eigenvalue weighted by Crippen LogP contribution is 2.23. The second kappa shape index (κ2) is 7.77. The van der Waals surface area contributed by atoms with E-state index in [4.69, 9.17) is 4.74 Å². The van der Waals surface area contributed by atoms with Gasteiger partial charge in [0.15, 0.2) is 0 Å². The van der Waals surface area contributed by atoms with Crippen molar-refractivity contribution in [1.29, 1.82) is 0 Å². The first-order chi connectivity index (χ1) is 11.7. The molecule has 6 heteroatoms. The third-order valence-electron chi connectivity index (χ3n) is 4.12. The van der Waals surface area contributed by atoms with Gasteiger partial charge in [-0.1, -0.05) is 22.0 Å². The minimum absolute atomic E-state index is 0.0245. The summed E-state index contributed by atoms with van der Waals surface area (Å²) in [5, 5.41) is 3.25. The van der Waals surface area contributed by atoms with E-state index in [1.807, 2.05) is 36.2 Å². The highest BCUT2D eigenvalue weighted by Gasteiger charge is 2.23. The average Bonchev–Trinajstić information content (AvgIpc) is 2.62. The summed E-state index contributed by atoms with van der Waals surface area (Å²) in [5.41, 5.74) is 0.591. The number of hydrogen-bond acceptors (Lipinski definition) is 4. The van der Waals surface area contributed by atoms with E-state index in [1.165, 1.54) is 0 Å². The van der Waals surface area contributed by atoms with E-state index < -0.39 is 0 Å². The molecule has 1 aromatic carbocycles. The standard InChI is InChI=1S/C18H20BrN3O2/c1-20-15-5-3-9-22(12-15)18(23)13-7-8-17(21-11-13)24-16-6-2-4-14(19)10-16/h2,4,6-8,10-11,15,20H,3,5,9,12H2,1H3/t15-/m0/s1. The molecule has 0 spiro atoms. The fourth-order valence-electron chi connectivity index (χ4n) is 2.80. The van der Waals surface area contributed by atoms with Crippen LogP contribution >= 0.6 is 15.9 Å². The highest BCUT2D eigenvalue weighted by atomic mass is 79.9. The Labute approximate surface area is 150 Å². The number of likely N-dealkylation sites (tertiary alicyclic amines) is 1. The number of aromatic nitrogens is 1. The molecule has 0 unspecified atom stereocenters. The monoisotopic (exact) mass is 389 g/mol. The van der Waals surface area contributed by atoms with Crippen LogP contribution in [0.4, 0.5) is 0 Å². The summed E-state index contributed by atoms with van der Waals surface area (Å²) in [6.07, 6.45) is 3.71. The van der Waals surface area contributed by atoms with Crippen molar-refractivity contribution in [3.8, 4) is 11.6 Å². The van der Waals surface area contributed by atoms with Crippen molar-refractivity contribution in [2.24, 2.45) is 0 Å². The lowest BCUT2D eigenvalue weighted by Crippen LogP contribution is -2.46. The van der Waals surface area contributed by atoms with Gasteiger partial charge in [-0.05, 0) is 44.2 Å². The number of pyridine rings is 1. The maximum Gasteiger partial charge on any atom is 0.255 e. The Hall–Kier alpha value is -1.92. The lowest BCUT2D eigenvalue weighted by molar-refractivity contribution is 0.0697. The van der Waals surface area contributed by atoms with Crippen LogP contribution in [0.1, 0.15) is 23.2 Å². The molecule has 1 N–H and O–H groups in total. The van der Waals surface area contributed by atoms with Crippen LogP contribution in [0.3, 0.4) is 0 Å². The maximum atomic E-state index is 12.6. The van der Waals surface area contributed by atoms with Crippen molar-refractivity contribution in [3.05, 3.63) is 52.6 Å². The highest BCUT2D eigenvalue weighted by molar-refractivity contribution is 9.10. The molecule has 1 atom stereocenters. The second-order valence-electron chi connectivity index (χ2n) is 5.82. The number of benzene rings is 1.